The molecule has 0 aromatic heterocycles. The highest BCUT2D eigenvalue weighted by Gasteiger charge is 2.10. The van der Waals surface area contributed by atoms with E-state index in [0.29, 0.717) is 0 Å². The molecule has 1 heteroatoms. The molecule has 0 atom stereocenters. The fourth-order valence-electron chi connectivity index (χ4n) is 1.69. The summed E-state index contributed by atoms with van der Waals surface area (Å²) in [6.45, 7) is 10.5. The summed E-state index contributed by atoms with van der Waals surface area (Å²) in [4.78, 5) is 0. The summed E-state index contributed by atoms with van der Waals surface area (Å²) in [5.74, 6) is 0.972. The second-order valence-corrected chi connectivity index (χ2v) is 4.09. The van der Waals surface area contributed by atoms with Crippen LogP contribution in [0.15, 0.2) is 84.7 Å². The smallest absolute Gasteiger partial charge is 0.122 e. The van der Waals surface area contributed by atoms with Crippen LogP contribution in [0.25, 0.3) is 0 Å². The summed E-state index contributed by atoms with van der Waals surface area (Å²) in [7, 11) is 0. The third kappa shape index (κ3) is 9.50. The van der Waals surface area contributed by atoms with Crippen LogP contribution in [0.1, 0.15) is 33.6 Å². The van der Waals surface area contributed by atoms with Crippen molar-refractivity contribution in [3.8, 4) is 0 Å². The Kier molecular flexibility index (Phi) is 13.0. The zero-order valence-electron chi connectivity index (χ0n) is 13.6. The van der Waals surface area contributed by atoms with Gasteiger partial charge in [0, 0.05) is 0 Å². The average Bonchev–Trinajstić information content (AvgIpc) is 2.58. The molecule has 0 radical (unpaired) electrons. The highest BCUT2D eigenvalue weighted by molar-refractivity contribution is 5.32. The Hall–Kier alpha value is -2.02. The Morgan fingerprint density at radius 2 is 1.57 bits per heavy atom. The molecule has 114 valence electrons. The van der Waals surface area contributed by atoms with E-state index in [4.69, 9.17) is 4.74 Å². The van der Waals surface area contributed by atoms with Crippen molar-refractivity contribution in [3.05, 3.63) is 84.7 Å². The van der Waals surface area contributed by atoms with Gasteiger partial charge in [-0.2, -0.15) is 0 Å². The summed E-state index contributed by atoms with van der Waals surface area (Å²) >= 11 is 0. The number of allylic oxidation sites excluding steroid dienone is 6. The molecule has 1 aliphatic heterocycles. The van der Waals surface area contributed by atoms with Crippen LogP contribution in [0.4, 0.5) is 0 Å². The molecule has 1 aliphatic rings. The van der Waals surface area contributed by atoms with Crippen LogP contribution >= 0.6 is 0 Å². The third-order valence-corrected chi connectivity index (χ3v) is 2.59. The van der Waals surface area contributed by atoms with Gasteiger partial charge in [-0.05, 0) is 31.4 Å². The van der Waals surface area contributed by atoms with E-state index in [9.17, 15) is 0 Å². The summed E-state index contributed by atoms with van der Waals surface area (Å²) in [6, 6.07) is 12.0. The van der Waals surface area contributed by atoms with Gasteiger partial charge in [0.05, 0.1) is 6.61 Å². The van der Waals surface area contributed by atoms with Gasteiger partial charge in [0.25, 0.3) is 0 Å². The molecule has 0 N–H and O–H groups in total. The topological polar surface area (TPSA) is 9.23 Å². The summed E-state index contributed by atoms with van der Waals surface area (Å²) < 4.78 is 5.52. The maximum atomic E-state index is 5.52. The molecular formula is C20H28O. The van der Waals surface area contributed by atoms with Crippen LogP contribution in [0.5, 0.6) is 0 Å². The Bertz CT molecular complexity index is 411. The number of rotatable bonds is 2. The Morgan fingerprint density at radius 1 is 1.00 bits per heavy atom. The molecule has 1 aromatic rings. The molecule has 1 saturated heterocycles. The maximum absolute atomic E-state index is 5.52. The van der Waals surface area contributed by atoms with Crippen molar-refractivity contribution in [1.82, 2.24) is 0 Å². The quantitative estimate of drug-likeness (QED) is 0.639. The van der Waals surface area contributed by atoms with Crippen molar-refractivity contribution >= 4 is 0 Å². The first kappa shape index (κ1) is 19.0. The highest BCUT2D eigenvalue weighted by atomic mass is 16.5. The lowest BCUT2D eigenvalue weighted by Crippen LogP contribution is -2.05. The molecule has 0 spiro atoms. The van der Waals surface area contributed by atoms with E-state index in [2.05, 4.69) is 12.7 Å². The lowest BCUT2D eigenvalue weighted by atomic mass is 10.1. The lowest BCUT2D eigenvalue weighted by molar-refractivity contribution is 0.194. The minimum Gasteiger partial charge on any atom is -0.493 e. The van der Waals surface area contributed by atoms with Gasteiger partial charge in [0.1, 0.15) is 5.76 Å². The Balaban J connectivity index is 0.000000416. The molecule has 2 rings (SSSR count). The van der Waals surface area contributed by atoms with Crippen LogP contribution in [0.3, 0.4) is 0 Å². The molecule has 1 nitrogen and oxygen atoms in total. The van der Waals surface area contributed by atoms with E-state index in [1.807, 2.05) is 75.4 Å². The first-order valence-corrected chi connectivity index (χ1v) is 7.66. The molecule has 1 heterocycles. The molecule has 21 heavy (non-hydrogen) atoms. The van der Waals surface area contributed by atoms with E-state index in [1.54, 1.807) is 6.08 Å². The minimum absolute atomic E-state index is 0.826. The van der Waals surface area contributed by atoms with E-state index >= 15 is 0 Å². The molecule has 0 aliphatic carbocycles. The monoisotopic (exact) mass is 284 g/mol. The fraction of sp³-hybridized carbons (Fsp3) is 0.300. The Morgan fingerprint density at radius 3 is 2.05 bits per heavy atom. The molecule has 0 bridgehead atoms. The van der Waals surface area contributed by atoms with Crippen LogP contribution in [0.2, 0.25) is 0 Å². The lowest BCUT2D eigenvalue weighted by Gasteiger charge is -2.18. The van der Waals surface area contributed by atoms with Gasteiger partial charge in [-0.15, -0.1) is 0 Å². The van der Waals surface area contributed by atoms with Crippen molar-refractivity contribution < 1.29 is 4.74 Å². The van der Waals surface area contributed by atoms with Gasteiger partial charge in [-0.3, -0.25) is 0 Å². The number of hydrogen-bond donors (Lipinski definition) is 0. The average molecular weight is 284 g/mol. The predicted octanol–water partition coefficient (Wildman–Crippen LogP) is 6.08. The van der Waals surface area contributed by atoms with E-state index in [1.165, 1.54) is 5.57 Å². The van der Waals surface area contributed by atoms with Crippen LogP contribution < -0.4 is 0 Å². The second kappa shape index (κ2) is 14.4. The van der Waals surface area contributed by atoms with Gasteiger partial charge in [0.15, 0.2) is 0 Å². The van der Waals surface area contributed by atoms with Crippen LogP contribution in [0, 0.1) is 0 Å². The van der Waals surface area contributed by atoms with Gasteiger partial charge in [0.2, 0.25) is 0 Å². The molecule has 0 saturated carbocycles. The predicted molar refractivity (Wildman–Crippen MR) is 94.2 cm³/mol. The minimum atomic E-state index is 0.826. The summed E-state index contributed by atoms with van der Waals surface area (Å²) in [6.07, 6.45) is 12.1. The highest BCUT2D eigenvalue weighted by Crippen LogP contribution is 2.23. The van der Waals surface area contributed by atoms with Crippen molar-refractivity contribution in [2.45, 2.75) is 33.6 Å². The second-order valence-electron chi connectivity index (χ2n) is 4.09. The Labute approximate surface area is 130 Å². The first-order chi connectivity index (χ1) is 10.4. The normalized spacial score (nSPS) is 17.3. The van der Waals surface area contributed by atoms with Crippen molar-refractivity contribution in [3.63, 3.8) is 0 Å². The number of hydrogen-bond acceptors (Lipinski definition) is 1. The SMILES string of the molecule is C=C/C=C1/OCCC/C1=C/C=C\C.CC.c1ccccc1. The number of ether oxygens (including phenoxy) is 1. The molecule has 1 fully saturated rings. The van der Waals surface area contributed by atoms with Crippen molar-refractivity contribution in [2.75, 3.05) is 6.61 Å². The largest absolute Gasteiger partial charge is 0.493 e. The van der Waals surface area contributed by atoms with Gasteiger partial charge in [-0.1, -0.05) is 81.1 Å². The number of benzene rings is 1. The van der Waals surface area contributed by atoms with Gasteiger partial charge >= 0.3 is 0 Å². The summed E-state index contributed by atoms with van der Waals surface area (Å²) in [5, 5.41) is 0. The van der Waals surface area contributed by atoms with Gasteiger partial charge in [-0.25, -0.2) is 0 Å². The van der Waals surface area contributed by atoms with E-state index < -0.39 is 0 Å². The molecular weight excluding hydrogens is 256 g/mol. The van der Waals surface area contributed by atoms with E-state index in [0.717, 1.165) is 25.2 Å². The van der Waals surface area contributed by atoms with Crippen LogP contribution in [-0.4, -0.2) is 6.61 Å². The van der Waals surface area contributed by atoms with Crippen LogP contribution in [-0.2, 0) is 4.74 Å². The summed E-state index contributed by atoms with van der Waals surface area (Å²) in [5.41, 5.74) is 1.27. The third-order valence-electron chi connectivity index (χ3n) is 2.59. The molecule has 0 amide bonds. The van der Waals surface area contributed by atoms with Crippen molar-refractivity contribution in [2.24, 2.45) is 0 Å². The standard InChI is InChI=1S/C12H16O.C6H6.C2H6/c1-3-5-8-11-9-6-10-13-12(11)7-4-2;1-2-4-6-5-3-1;1-2/h3-5,7-8H,2,6,9-10H2,1H3;1-6H;1-2H3/b5-3-,11-8-,12-7+;;. The zero-order chi connectivity index (χ0) is 15.8. The fourth-order valence-corrected chi connectivity index (χ4v) is 1.69. The molecule has 1 aromatic carbocycles. The maximum Gasteiger partial charge on any atom is 0.122 e. The first-order valence-electron chi connectivity index (χ1n) is 7.66. The zero-order valence-corrected chi connectivity index (χ0v) is 13.6. The van der Waals surface area contributed by atoms with Crippen molar-refractivity contribution in [1.29, 1.82) is 0 Å². The molecule has 0 unspecified atom stereocenters. The van der Waals surface area contributed by atoms with E-state index in [-0.39, 0.29) is 0 Å². The van der Waals surface area contributed by atoms with Gasteiger partial charge < -0.3 is 4.74 Å².